The average molecular weight is 1400 g/mol. The first-order valence-electron chi connectivity index (χ1n) is 30.1. The summed E-state index contributed by atoms with van der Waals surface area (Å²) < 4.78 is 86.6. The van der Waals surface area contributed by atoms with Gasteiger partial charge in [0.1, 0.15) is 195 Å². The van der Waals surface area contributed by atoms with E-state index in [0.29, 0.717) is 0 Å². The Balaban J connectivity index is 1.12. The summed E-state index contributed by atoms with van der Waals surface area (Å²) in [6.45, 7) is -6.26. The lowest BCUT2D eigenvalue weighted by Crippen LogP contribution is -2.70. The number of ether oxygens (including phenoxy) is 15. The number of carbonyl (C=O) groups is 2. The lowest BCUT2D eigenvalue weighted by atomic mass is 9.94. The molecule has 0 aromatic rings. The second-order valence-corrected chi connectivity index (χ2v) is 23.9. The average Bonchev–Trinajstić information content (AvgIpc) is 0.779. The van der Waals surface area contributed by atoms with Crippen molar-refractivity contribution < 1.29 is 203 Å². The van der Waals surface area contributed by atoms with Crippen LogP contribution in [0.2, 0.25) is 0 Å². The van der Waals surface area contributed by atoms with Gasteiger partial charge in [0.05, 0.1) is 52.9 Å². The minimum atomic E-state index is -2.49. The van der Waals surface area contributed by atoms with Crippen molar-refractivity contribution in [3.05, 3.63) is 0 Å². The van der Waals surface area contributed by atoms with Crippen LogP contribution in [-0.2, 0) is 80.6 Å². The predicted octanol–water partition coefficient (Wildman–Crippen LogP) is -18.2. The third-order valence-electron chi connectivity index (χ3n) is 17.4. The molecule has 43 heteroatoms. The summed E-state index contributed by atoms with van der Waals surface area (Å²) in [5, 5.41) is 266. The van der Waals surface area contributed by atoms with Gasteiger partial charge in [-0.2, -0.15) is 0 Å². The van der Waals surface area contributed by atoms with Crippen LogP contribution in [0, 0.1) is 0 Å². The van der Waals surface area contributed by atoms with E-state index in [4.69, 9.17) is 71.1 Å². The zero-order valence-corrected chi connectivity index (χ0v) is 50.4. The molecule has 43 nitrogen and oxygen atoms in total. The van der Waals surface area contributed by atoms with Crippen molar-refractivity contribution in [1.29, 1.82) is 0 Å². The SMILES string of the molecule is CC(=O)N[C@@H]1[C@@H](O)[C@H](O[C@@H]2O[C@H](CO)[C@@H](O[C@@H]3O[C@H](CO[C@@H]4O[C@H](CO[C@@H]5O[C@H](CO)[C@@H](O)[C@H](O)[C@@H]5O)[C@@H](O)[C@H](O[C@@H]5O[C@H](CO)[C@@H](O)[C@H](O)[C@@H]5O)[C@@H]4O)[C@@H](O)[C@H](O[C@@H]4O[C@H](CO)[C@@H](O)[C@H](O)[C@@H]4O[C@H]4O[C@H](CO)[C@@H](O)[C@H](O)[C@@H]4O)[C@@H]3O)[C@H](O)[C@H]2NC(C)=O)[C@@H](CO)O[C@H]1O. The van der Waals surface area contributed by atoms with E-state index in [2.05, 4.69) is 10.6 Å². The van der Waals surface area contributed by atoms with E-state index in [1.807, 2.05) is 0 Å². The van der Waals surface area contributed by atoms with E-state index in [-0.39, 0.29) is 0 Å². The maximum Gasteiger partial charge on any atom is 0.217 e. The molecule has 95 heavy (non-hydrogen) atoms. The Morgan fingerprint density at radius 1 is 0.274 bits per heavy atom. The molecule has 8 aliphatic heterocycles. The summed E-state index contributed by atoms with van der Waals surface area (Å²) >= 11 is 0. The van der Waals surface area contributed by atoms with E-state index in [9.17, 15) is 132 Å². The molecule has 8 saturated heterocycles. The van der Waals surface area contributed by atoms with Gasteiger partial charge in [0.2, 0.25) is 11.8 Å². The molecule has 0 spiro atoms. The third-order valence-corrected chi connectivity index (χ3v) is 17.4. The largest absolute Gasteiger partial charge is 0.394 e. The third kappa shape index (κ3) is 17.0. The van der Waals surface area contributed by atoms with Crippen LogP contribution in [0.25, 0.3) is 0 Å². The number of rotatable bonds is 24. The number of nitrogens with one attached hydrogen (secondary N) is 2. The van der Waals surface area contributed by atoms with E-state index >= 15 is 0 Å². The highest BCUT2D eigenvalue weighted by Gasteiger charge is 2.59. The van der Waals surface area contributed by atoms with E-state index in [0.717, 1.165) is 13.8 Å². The lowest BCUT2D eigenvalue weighted by molar-refractivity contribution is -0.399. The Morgan fingerprint density at radius 2 is 0.568 bits per heavy atom. The number of amides is 2. The van der Waals surface area contributed by atoms with Gasteiger partial charge in [-0.1, -0.05) is 0 Å². The van der Waals surface area contributed by atoms with E-state index in [1.165, 1.54) is 0 Å². The Bertz CT molecular complexity index is 2380. The van der Waals surface area contributed by atoms with Gasteiger partial charge in [-0.25, -0.2) is 0 Å². The molecular formula is C52H88N2O41. The Kier molecular flexibility index (Phi) is 27.9. The zero-order valence-electron chi connectivity index (χ0n) is 50.4. The van der Waals surface area contributed by atoms with E-state index < -0.39 is 310 Å². The quantitative estimate of drug-likeness (QED) is 0.0427. The number of hydrogen-bond acceptors (Lipinski definition) is 41. The lowest BCUT2D eigenvalue weighted by Gasteiger charge is -2.50. The molecule has 40 atom stereocenters. The minimum absolute atomic E-state index is 0.766. The molecule has 0 aromatic heterocycles. The van der Waals surface area contributed by atoms with Gasteiger partial charge in [0.15, 0.2) is 50.3 Å². The number of aliphatic hydroxyl groups is 24. The van der Waals surface area contributed by atoms with Gasteiger partial charge in [-0.3, -0.25) is 9.59 Å². The Hall–Kier alpha value is -2.62. The molecule has 2 amide bonds. The fourth-order valence-corrected chi connectivity index (χ4v) is 12.1. The van der Waals surface area contributed by atoms with Crippen LogP contribution >= 0.6 is 0 Å². The molecular weight excluding hydrogens is 1310 g/mol. The summed E-state index contributed by atoms with van der Waals surface area (Å²) in [5.41, 5.74) is 0. The van der Waals surface area contributed by atoms with Crippen molar-refractivity contribution in [1.82, 2.24) is 10.6 Å². The summed E-state index contributed by atoms with van der Waals surface area (Å²) in [7, 11) is 0. The fourth-order valence-electron chi connectivity index (χ4n) is 12.1. The van der Waals surface area contributed by atoms with Crippen LogP contribution in [0.5, 0.6) is 0 Å². The Labute approximate surface area is 536 Å². The molecule has 8 rings (SSSR count). The number of hydrogen-bond donors (Lipinski definition) is 26. The first-order valence-corrected chi connectivity index (χ1v) is 30.1. The first kappa shape index (κ1) is 78.1. The summed E-state index contributed by atoms with van der Waals surface area (Å²) in [6, 6.07) is -3.49. The number of aliphatic hydroxyl groups excluding tert-OH is 24. The normalized spacial score (nSPS) is 50.8. The highest BCUT2D eigenvalue weighted by molar-refractivity contribution is 5.73. The molecule has 0 bridgehead atoms. The van der Waals surface area contributed by atoms with Gasteiger partial charge in [-0.05, 0) is 0 Å². The molecule has 0 aliphatic carbocycles. The molecule has 8 heterocycles. The first-order chi connectivity index (χ1) is 44.9. The second-order valence-electron chi connectivity index (χ2n) is 23.9. The molecule has 26 N–H and O–H groups in total. The predicted molar refractivity (Wildman–Crippen MR) is 288 cm³/mol. The van der Waals surface area contributed by atoms with Crippen molar-refractivity contribution in [3.8, 4) is 0 Å². The van der Waals surface area contributed by atoms with Gasteiger partial charge in [0, 0.05) is 13.8 Å². The summed E-state index contributed by atoms with van der Waals surface area (Å²) in [5.74, 6) is -1.68. The number of carbonyl (C=O) groups excluding carboxylic acids is 2. The van der Waals surface area contributed by atoms with Gasteiger partial charge in [-0.15, -0.1) is 0 Å². The second kappa shape index (κ2) is 33.9. The topological polar surface area (TPSA) is 682 Å². The van der Waals surface area contributed by atoms with E-state index in [1.54, 1.807) is 0 Å². The molecule has 552 valence electrons. The van der Waals surface area contributed by atoms with Crippen molar-refractivity contribution in [2.24, 2.45) is 0 Å². The highest BCUT2D eigenvalue weighted by Crippen LogP contribution is 2.38. The zero-order chi connectivity index (χ0) is 69.9. The van der Waals surface area contributed by atoms with Crippen LogP contribution in [-0.4, -0.2) is 433 Å². The van der Waals surface area contributed by atoms with Crippen molar-refractivity contribution in [3.63, 3.8) is 0 Å². The molecule has 0 unspecified atom stereocenters. The fraction of sp³-hybridized carbons (Fsp3) is 0.962. The highest BCUT2D eigenvalue weighted by atomic mass is 16.8. The van der Waals surface area contributed by atoms with Crippen LogP contribution in [0.4, 0.5) is 0 Å². The van der Waals surface area contributed by atoms with Crippen LogP contribution in [0.1, 0.15) is 13.8 Å². The summed E-state index contributed by atoms with van der Waals surface area (Å²) in [4.78, 5) is 24.9. The summed E-state index contributed by atoms with van der Waals surface area (Å²) in [6.07, 6.45) is -77.9. The standard InChI is InChI=1S/C52H88N2O41/c1-11(61)53-21-29(69)40(17(7-59)83-45(21)80)91-46-22(54-12(2)62)30(70)41(18(8-60)88-46)92-51-39(79)43(94-52-44(34(74)26(66)16(6-58)87-52)95-50-37(77)33(73)25(65)15(5-57)86-50)28(68)20(90-51)10-82-48-38(78)42(93-49-36(76)32(72)24(64)14(4-56)85-49)27(67)19(89-48)9-81-47-35(75)31(71)23(63)13(3-55)84-47/h13-52,55-60,63-80H,3-10H2,1-2H3,(H,53,61)(H,54,62)/t13-,14-,15-,16-,17-,18-,19-,20-,21-,22-,23-,24-,25-,26-,27-,28-,29-,30-,31+,32+,33+,34+,35+,36+,37+,38+,39+,40-,41-,42+,43+,44+,45-,46+,47-,48-,49+,50-,51+,52+/m1/s1. The molecule has 8 aliphatic rings. The molecule has 0 saturated carbocycles. The smallest absolute Gasteiger partial charge is 0.217 e. The van der Waals surface area contributed by atoms with Crippen LogP contribution < -0.4 is 10.6 Å². The van der Waals surface area contributed by atoms with Crippen LogP contribution in [0.15, 0.2) is 0 Å². The van der Waals surface area contributed by atoms with Gasteiger partial charge in [0.25, 0.3) is 0 Å². The monoisotopic (exact) mass is 1400 g/mol. The molecule has 8 fully saturated rings. The minimum Gasteiger partial charge on any atom is -0.394 e. The van der Waals surface area contributed by atoms with Crippen molar-refractivity contribution in [2.45, 2.75) is 259 Å². The maximum atomic E-state index is 12.8. The maximum absolute atomic E-state index is 12.8. The van der Waals surface area contributed by atoms with Crippen molar-refractivity contribution in [2.75, 3.05) is 52.9 Å². The molecule has 0 aromatic carbocycles. The molecule has 0 radical (unpaired) electrons. The van der Waals surface area contributed by atoms with Gasteiger partial charge < -0.3 is 204 Å². The van der Waals surface area contributed by atoms with Crippen LogP contribution in [0.3, 0.4) is 0 Å². The van der Waals surface area contributed by atoms with Gasteiger partial charge >= 0.3 is 0 Å². The van der Waals surface area contributed by atoms with Crippen molar-refractivity contribution >= 4 is 11.8 Å². The Morgan fingerprint density at radius 3 is 1.02 bits per heavy atom.